The van der Waals surface area contributed by atoms with Crippen molar-refractivity contribution in [3.05, 3.63) is 0 Å². The molecule has 11 atom stereocenters. The average Bonchev–Trinajstić information content (AvgIpc) is 3.34. The quantitative estimate of drug-likeness (QED) is 0.0383. The number of nitrogens with one attached hydrogen (secondary N) is 9. The highest BCUT2D eigenvalue weighted by atomic mass is 16.5. The van der Waals surface area contributed by atoms with E-state index in [9.17, 15) is 73.2 Å². The molecule has 0 saturated carbocycles. The van der Waals surface area contributed by atoms with Gasteiger partial charge in [-0.3, -0.25) is 47.9 Å². The lowest BCUT2D eigenvalue weighted by atomic mass is 9.98. The maximum Gasteiger partial charge on any atom is 0.328 e. The summed E-state index contributed by atoms with van der Waals surface area (Å²) in [6.45, 7) is 18.4. The van der Waals surface area contributed by atoms with Gasteiger partial charge in [0.2, 0.25) is 53.2 Å². The lowest BCUT2D eigenvalue weighted by molar-refractivity contribution is -0.157. The Morgan fingerprint density at radius 3 is 1.49 bits per heavy atom. The lowest BCUT2D eigenvalue weighted by Gasteiger charge is -2.32. The molecule has 1 aliphatic rings. The Bertz CT molecular complexity index is 2020. The van der Waals surface area contributed by atoms with Gasteiger partial charge >= 0.3 is 11.9 Å². The summed E-state index contributed by atoms with van der Waals surface area (Å²) in [5.74, 6) is -13.0. The van der Waals surface area contributed by atoms with E-state index < -0.39 is 164 Å². The molecule has 1 aliphatic heterocycles. The molecule has 0 aromatic carbocycles. The summed E-state index contributed by atoms with van der Waals surface area (Å²) < 4.78 is 5.80. The minimum atomic E-state index is -1.95. The number of esters is 1. The third-order valence-electron chi connectivity index (χ3n) is 12.9. The molecule has 25 heteroatoms. The van der Waals surface area contributed by atoms with Gasteiger partial charge in [0, 0.05) is 6.42 Å². The molecule has 79 heavy (non-hydrogen) atoms. The normalized spacial score (nSPS) is 23.7. The summed E-state index contributed by atoms with van der Waals surface area (Å²) in [4.78, 5) is 152. The van der Waals surface area contributed by atoms with Crippen LogP contribution in [-0.4, -0.2) is 165 Å². The van der Waals surface area contributed by atoms with Crippen molar-refractivity contribution in [2.75, 3.05) is 13.2 Å². The molecular formula is C54H95N9O16. The molecule has 452 valence electrons. The van der Waals surface area contributed by atoms with Crippen molar-refractivity contribution in [2.24, 2.45) is 29.6 Å². The molecule has 25 nitrogen and oxygen atoms in total. The van der Waals surface area contributed by atoms with Gasteiger partial charge in [0.25, 0.3) is 0 Å². The number of unbranched alkanes of at least 4 members (excludes halogenated alkanes) is 4. The van der Waals surface area contributed by atoms with Crippen molar-refractivity contribution >= 4 is 65.1 Å². The molecule has 0 aliphatic carbocycles. The Hall–Kier alpha value is -5.95. The number of aliphatic hydroxyl groups is 3. The van der Waals surface area contributed by atoms with E-state index in [1.54, 1.807) is 69.2 Å². The molecule has 1 saturated heterocycles. The average molecular weight is 1130 g/mol. The Morgan fingerprint density at radius 2 is 1.03 bits per heavy atom. The highest BCUT2D eigenvalue weighted by Gasteiger charge is 2.40. The summed E-state index contributed by atoms with van der Waals surface area (Å²) in [5.41, 5.74) is 0. The number of amides is 9. The van der Waals surface area contributed by atoms with E-state index in [0.29, 0.717) is 12.8 Å². The van der Waals surface area contributed by atoms with Crippen LogP contribution in [-0.2, 0) is 57.5 Å². The fourth-order valence-electron chi connectivity index (χ4n) is 8.66. The number of carbonyl (C=O) groups is 11. The lowest BCUT2D eigenvalue weighted by Crippen LogP contribution is -2.63. The Labute approximate surface area is 465 Å². The maximum atomic E-state index is 14.7. The minimum Gasteiger partial charge on any atom is -0.481 e. The van der Waals surface area contributed by atoms with Crippen molar-refractivity contribution in [3.8, 4) is 0 Å². The molecule has 0 bridgehead atoms. The molecule has 0 radical (unpaired) electrons. The van der Waals surface area contributed by atoms with Gasteiger partial charge in [-0.1, -0.05) is 108 Å². The zero-order valence-corrected chi connectivity index (χ0v) is 48.5. The molecular weight excluding hydrogens is 1030 g/mol. The number of cyclic esters (lactones) is 1. The highest BCUT2D eigenvalue weighted by Crippen LogP contribution is 2.16. The molecule has 0 aromatic heterocycles. The number of aliphatic carboxylic acids is 1. The van der Waals surface area contributed by atoms with Crippen molar-refractivity contribution < 1.29 is 77.9 Å². The van der Waals surface area contributed by atoms with Gasteiger partial charge in [-0.15, -0.1) is 0 Å². The first-order chi connectivity index (χ1) is 36.9. The Balaban J connectivity index is 3.98. The maximum absolute atomic E-state index is 14.7. The molecule has 1 heterocycles. The summed E-state index contributed by atoms with van der Waals surface area (Å²) >= 11 is 0. The Kier molecular flexibility index (Phi) is 32.7. The minimum absolute atomic E-state index is 0.00953. The van der Waals surface area contributed by atoms with Gasteiger partial charge in [0.05, 0.1) is 25.7 Å². The van der Waals surface area contributed by atoms with Crippen LogP contribution in [0.25, 0.3) is 0 Å². The first kappa shape index (κ1) is 71.1. The third kappa shape index (κ3) is 27.2. The number of hydrogen-bond donors (Lipinski definition) is 13. The summed E-state index contributed by atoms with van der Waals surface area (Å²) in [7, 11) is 0. The van der Waals surface area contributed by atoms with Gasteiger partial charge < -0.3 is 73.0 Å². The molecule has 9 amide bonds. The van der Waals surface area contributed by atoms with Crippen molar-refractivity contribution in [1.29, 1.82) is 0 Å². The number of rotatable bonds is 27. The zero-order valence-electron chi connectivity index (χ0n) is 48.5. The van der Waals surface area contributed by atoms with Crippen LogP contribution in [0.3, 0.4) is 0 Å². The SMILES string of the molecule is CCCCCCC[C@H](O)CC(=O)N[C@@H](CC(C)C)C(=O)N[C@H](CCC(=O)O)C(=O)NC1C(=O)NC(C(C)C)C(=O)N[C@@H](CC(C)C)C(=O)N[C@H](CO)C(=O)N[C@@H](CC(C)C)C(=O)N[C@H](CO)C(=O)N[C@@H](CC(C)C)C(=O)OC1C. The molecule has 1 fully saturated rings. The van der Waals surface area contributed by atoms with Crippen LogP contribution in [0.2, 0.25) is 0 Å². The van der Waals surface area contributed by atoms with Gasteiger partial charge in [-0.2, -0.15) is 0 Å². The van der Waals surface area contributed by atoms with E-state index in [4.69, 9.17) is 4.74 Å². The fraction of sp³-hybridized carbons (Fsp3) is 0.796. The van der Waals surface area contributed by atoms with Crippen LogP contribution in [0.1, 0.15) is 167 Å². The van der Waals surface area contributed by atoms with E-state index in [-0.39, 0.29) is 55.8 Å². The standard InChI is InChI=1S/C54H95N9O16/c1-13-14-15-16-17-18-34(66)25-42(67)55-36(21-28(2)3)47(71)56-35(19-20-43(68)69)46(70)63-45-33(12)79-54(78)39(24-31(8)9)59-51(75)41(27-65)61-48(72)37(22-29(4)5)57-50(74)40(26-64)60-49(73)38(23-30(6)7)58-52(76)44(32(10)11)62-53(45)77/h28-41,44-45,64-66H,13-27H2,1-12H3,(H,55,67)(H,56,71)(H,57,74)(H,58,76)(H,59,75)(H,60,73)(H,61,72)(H,62,77)(H,63,70)(H,68,69)/t33?,34-,35+,36-,37-,38-,39-,40+,41+,44?,45?/m0/s1. The second-order valence-corrected chi connectivity index (χ2v) is 22.7. The zero-order chi connectivity index (χ0) is 60.3. The number of carboxylic acid groups (broad SMARTS) is 1. The molecule has 1 rings (SSSR count). The first-order valence-electron chi connectivity index (χ1n) is 28.0. The molecule has 13 N–H and O–H groups in total. The van der Waals surface area contributed by atoms with Crippen molar-refractivity contribution in [1.82, 2.24) is 47.9 Å². The molecule has 3 unspecified atom stereocenters. The van der Waals surface area contributed by atoms with Crippen LogP contribution in [0.4, 0.5) is 0 Å². The second kappa shape index (κ2) is 36.3. The van der Waals surface area contributed by atoms with Crippen LogP contribution in [0, 0.1) is 29.6 Å². The number of aliphatic hydroxyl groups excluding tert-OH is 3. The van der Waals surface area contributed by atoms with Crippen LogP contribution < -0.4 is 47.9 Å². The predicted octanol–water partition coefficient (Wildman–Crippen LogP) is 0.0962. The fourth-order valence-corrected chi connectivity index (χ4v) is 8.66. The van der Waals surface area contributed by atoms with E-state index in [1.807, 2.05) is 0 Å². The van der Waals surface area contributed by atoms with Gasteiger partial charge in [-0.25, -0.2) is 4.79 Å². The smallest absolute Gasteiger partial charge is 0.328 e. The van der Waals surface area contributed by atoms with Gasteiger partial charge in [0.1, 0.15) is 60.5 Å². The number of ether oxygens (including phenoxy) is 1. The predicted molar refractivity (Wildman–Crippen MR) is 291 cm³/mol. The highest BCUT2D eigenvalue weighted by molar-refractivity contribution is 5.99. The Morgan fingerprint density at radius 1 is 0.557 bits per heavy atom. The molecule has 0 aromatic rings. The summed E-state index contributed by atoms with van der Waals surface area (Å²) in [5, 5.41) is 63.5. The van der Waals surface area contributed by atoms with Crippen LogP contribution in [0.5, 0.6) is 0 Å². The van der Waals surface area contributed by atoms with Crippen LogP contribution >= 0.6 is 0 Å². The van der Waals surface area contributed by atoms with Crippen molar-refractivity contribution in [3.63, 3.8) is 0 Å². The second-order valence-electron chi connectivity index (χ2n) is 22.7. The third-order valence-corrected chi connectivity index (χ3v) is 12.9. The monoisotopic (exact) mass is 1130 g/mol. The van der Waals surface area contributed by atoms with E-state index in [0.717, 1.165) is 25.7 Å². The largest absolute Gasteiger partial charge is 0.481 e. The van der Waals surface area contributed by atoms with E-state index in [2.05, 4.69) is 54.8 Å². The van der Waals surface area contributed by atoms with Gasteiger partial charge in [0.15, 0.2) is 0 Å². The number of carbonyl (C=O) groups excluding carboxylic acids is 10. The van der Waals surface area contributed by atoms with E-state index >= 15 is 0 Å². The van der Waals surface area contributed by atoms with Gasteiger partial charge in [-0.05, 0) is 75.0 Å². The topological polar surface area (TPSA) is 386 Å². The van der Waals surface area contributed by atoms with Crippen LogP contribution in [0.15, 0.2) is 0 Å². The first-order valence-corrected chi connectivity index (χ1v) is 28.0. The number of hydrogen-bond acceptors (Lipinski definition) is 15. The summed E-state index contributed by atoms with van der Waals surface area (Å²) in [6, 6.07) is -14.1. The summed E-state index contributed by atoms with van der Waals surface area (Å²) in [6.07, 6.45) is 0.716. The van der Waals surface area contributed by atoms with Crippen molar-refractivity contribution in [2.45, 2.75) is 233 Å². The molecule has 0 spiro atoms. The van der Waals surface area contributed by atoms with E-state index in [1.165, 1.54) is 6.92 Å². The number of carboxylic acids is 1.